The van der Waals surface area contributed by atoms with Crippen LogP contribution >= 0.6 is 0 Å². The summed E-state index contributed by atoms with van der Waals surface area (Å²) in [5, 5.41) is 7.42. The van der Waals surface area contributed by atoms with Crippen LogP contribution in [0.3, 0.4) is 0 Å². The molecule has 0 saturated heterocycles. The van der Waals surface area contributed by atoms with Gasteiger partial charge in [0.25, 0.3) is 5.91 Å². The number of carbonyl (C=O) groups excluding carboxylic acids is 1. The molecule has 29 heavy (non-hydrogen) atoms. The van der Waals surface area contributed by atoms with Gasteiger partial charge in [0.1, 0.15) is 18.1 Å². The Labute approximate surface area is 168 Å². The van der Waals surface area contributed by atoms with Crippen molar-refractivity contribution in [2.24, 2.45) is 0 Å². The molecule has 0 aliphatic carbocycles. The van der Waals surface area contributed by atoms with E-state index in [1.165, 1.54) is 0 Å². The van der Waals surface area contributed by atoms with Crippen molar-refractivity contribution in [3.63, 3.8) is 0 Å². The highest BCUT2D eigenvalue weighted by Gasteiger charge is 2.15. The van der Waals surface area contributed by atoms with Gasteiger partial charge in [-0.05, 0) is 56.3 Å². The highest BCUT2D eigenvalue weighted by molar-refractivity contribution is 6.03. The Bertz CT molecular complexity index is 1130. The number of amides is 1. The summed E-state index contributed by atoms with van der Waals surface area (Å²) in [7, 11) is 0. The van der Waals surface area contributed by atoms with Gasteiger partial charge >= 0.3 is 0 Å². The lowest BCUT2D eigenvalue weighted by atomic mass is 10.2. The first-order valence-corrected chi connectivity index (χ1v) is 9.31. The van der Waals surface area contributed by atoms with E-state index in [9.17, 15) is 4.79 Å². The molecule has 0 fully saturated rings. The number of aromatic nitrogens is 2. The average Bonchev–Trinajstić information content (AvgIpc) is 3.34. The van der Waals surface area contributed by atoms with Crippen LogP contribution in [0.5, 0.6) is 5.75 Å². The lowest BCUT2D eigenvalue weighted by Crippen LogP contribution is -2.14. The highest BCUT2D eigenvalue weighted by Crippen LogP contribution is 2.23. The number of hydrogen-bond donors (Lipinski definition) is 1. The third kappa shape index (κ3) is 4.21. The Kier molecular flexibility index (Phi) is 5.16. The molecule has 146 valence electrons. The molecule has 2 heterocycles. The van der Waals surface area contributed by atoms with Gasteiger partial charge in [0.15, 0.2) is 5.76 Å². The van der Waals surface area contributed by atoms with E-state index in [0.29, 0.717) is 11.4 Å². The number of hydrogen-bond acceptors (Lipinski definition) is 4. The molecule has 0 radical (unpaired) electrons. The van der Waals surface area contributed by atoms with Gasteiger partial charge in [-0.2, -0.15) is 5.10 Å². The molecule has 0 atom stereocenters. The molecule has 6 nitrogen and oxygen atoms in total. The normalized spacial score (nSPS) is 10.7. The molecular formula is C23H21N3O3. The molecule has 2 aromatic heterocycles. The quantitative estimate of drug-likeness (QED) is 0.510. The van der Waals surface area contributed by atoms with Crippen LogP contribution in [0.25, 0.3) is 5.69 Å². The van der Waals surface area contributed by atoms with Crippen molar-refractivity contribution < 1.29 is 13.9 Å². The number of furan rings is 1. The van der Waals surface area contributed by atoms with Crippen LogP contribution in [0.15, 0.2) is 77.2 Å². The zero-order valence-electron chi connectivity index (χ0n) is 16.3. The third-order valence-electron chi connectivity index (χ3n) is 4.40. The molecule has 1 amide bonds. The van der Waals surface area contributed by atoms with Crippen molar-refractivity contribution in [1.29, 1.82) is 0 Å². The lowest BCUT2D eigenvalue weighted by Gasteiger charge is -2.11. The van der Waals surface area contributed by atoms with E-state index in [2.05, 4.69) is 10.4 Å². The number of anilines is 1. The van der Waals surface area contributed by atoms with E-state index in [4.69, 9.17) is 9.15 Å². The van der Waals surface area contributed by atoms with Crippen molar-refractivity contribution >= 4 is 11.6 Å². The fraction of sp³-hybridized carbons (Fsp3) is 0.130. The molecule has 0 unspecified atom stereocenters. The highest BCUT2D eigenvalue weighted by atomic mass is 16.5. The molecule has 4 rings (SSSR count). The van der Waals surface area contributed by atoms with Crippen molar-refractivity contribution in [2.75, 3.05) is 5.32 Å². The molecule has 6 heteroatoms. The van der Waals surface area contributed by atoms with Crippen molar-refractivity contribution in [3.05, 3.63) is 95.7 Å². The maximum Gasteiger partial charge on any atom is 0.291 e. The molecule has 0 bridgehead atoms. The molecule has 0 aliphatic heterocycles. The van der Waals surface area contributed by atoms with E-state index in [1.54, 1.807) is 12.1 Å². The van der Waals surface area contributed by atoms with Crippen LogP contribution in [0.2, 0.25) is 0 Å². The zero-order valence-corrected chi connectivity index (χ0v) is 16.3. The smallest absolute Gasteiger partial charge is 0.291 e. The summed E-state index contributed by atoms with van der Waals surface area (Å²) in [6.07, 6.45) is 0. The second kappa shape index (κ2) is 8.06. The second-order valence-corrected chi connectivity index (χ2v) is 6.68. The Morgan fingerprint density at radius 1 is 1.03 bits per heavy atom. The largest absolute Gasteiger partial charge is 0.486 e. The van der Waals surface area contributed by atoms with E-state index in [-0.39, 0.29) is 18.3 Å². The minimum absolute atomic E-state index is 0.222. The topological polar surface area (TPSA) is 69.3 Å². The molecule has 4 aromatic rings. The summed E-state index contributed by atoms with van der Waals surface area (Å²) in [6.45, 7) is 4.16. The number of ether oxygens (including phenoxy) is 1. The number of para-hydroxylation sites is 3. The molecule has 1 N–H and O–H groups in total. The predicted octanol–water partition coefficient (Wildman–Crippen LogP) is 4.91. The molecule has 2 aromatic carbocycles. The van der Waals surface area contributed by atoms with Gasteiger partial charge in [-0.1, -0.05) is 30.3 Å². The van der Waals surface area contributed by atoms with Crippen LogP contribution in [-0.4, -0.2) is 15.7 Å². The van der Waals surface area contributed by atoms with Crippen LogP contribution in [-0.2, 0) is 6.61 Å². The number of rotatable bonds is 6. The summed E-state index contributed by atoms with van der Waals surface area (Å²) < 4.78 is 13.1. The van der Waals surface area contributed by atoms with Gasteiger partial charge in [0, 0.05) is 5.69 Å². The van der Waals surface area contributed by atoms with Gasteiger partial charge in [-0.25, -0.2) is 4.68 Å². The van der Waals surface area contributed by atoms with Crippen LogP contribution < -0.4 is 10.1 Å². The summed E-state index contributed by atoms with van der Waals surface area (Å²) in [5.41, 5.74) is 3.35. The summed E-state index contributed by atoms with van der Waals surface area (Å²) in [6, 6.07) is 22.4. The monoisotopic (exact) mass is 387 g/mol. The van der Waals surface area contributed by atoms with Crippen molar-refractivity contribution in [1.82, 2.24) is 9.78 Å². The molecule has 0 aliphatic rings. The summed E-state index contributed by atoms with van der Waals surface area (Å²) >= 11 is 0. The van der Waals surface area contributed by atoms with Crippen LogP contribution in [0.4, 0.5) is 5.69 Å². The third-order valence-corrected chi connectivity index (χ3v) is 4.40. The SMILES string of the molecule is Cc1cc(C)n(-c2ccccc2NC(=O)c2ccc(COc3ccccc3)o2)n1. The maximum atomic E-state index is 12.7. The second-order valence-electron chi connectivity index (χ2n) is 6.68. The van der Waals surface area contributed by atoms with E-state index in [1.807, 2.05) is 79.2 Å². The van der Waals surface area contributed by atoms with Gasteiger partial charge < -0.3 is 14.5 Å². The summed E-state index contributed by atoms with van der Waals surface area (Å²) in [5.74, 6) is 1.21. The number of nitrogens with one attached hydrogen (secondary N) is 1. The van der Waals surface area contributed by atoms with Gasteiger partial charge in [0.05, 0.1) is 17.1 Å². The molecular weight excluding hydrogens is 366 g/mol. The van der Waals surface area contributed by atoms with Gasteiger partial charge in [0.2, 0.25) is 0 Å². The van der Waals surface area contributed by atoms with Crippen LogP contribution in [0, 0.1) is 13.8 Å². The Balaban J connectivity index is 1.48. The molecule has 0 saturated carbocycles. The Morgan fingerprint density at radius 2 is 1.79 bits per heavy atom. The predicted molar refractivity (Wildman–Crippen MR) is 110 cm³/mol. The maximum absolute atomic E-state index is 12.7. The lowest BCUT2D eigenvalue weighted by molar-refractivity contribution is 0.0992. The number of benzene rings is 2. The first-order chi connectivity index (χ1) is 14.1. The van der Waals surface area contributed by atoms with E-state index < -0.39 is 0 Å². The minimum Gasteiger partial charge on any atom is -0.486 e. The Hall–Kier alpha value is -3.80. The standard InChI is InChI=1S/C23H21N3O3/c1-16-14-17(2)26(25-16)21-11-7-6-10-20(21)24-23(27)22-13-12-19(29-22)15-28-18-8-4-3-5-9-18/h3-14H,15H2,1-2H3,(H,24,27). The number of nitrogens with zero attached hydrogens (tertiary/aromatic N) is 2. The number of aryl methyl sites for hydroxylation is 2. The van der Waals surface area contributed by atoms with Crippen molar-refractivity contribution in [3.8, 4) is 11.4 Å². The van der Waals surface area contributed by atoms with Gasteiger partial charge in [-0.3, -0.25) is 4.79 Å². The summed E-state index contributed by atoms with van der Waals surface area (Å²) in [4.78, 5) is 12.7. The number of carbonyl (C=O) groups is 1. The fourth-order valence-corrected chi connectivity index (χ4v) is 3.07. The zero-order chi connectivity index (χ0) is 20.2. The minimum atomic E-state index is -0.329. The molecule has 0 spiro atoms. The first kappa shape index (κ1) is 18.6. The first-order valence-electron chi connectivity index (χ1n) is 9.31. The van der Waals surface area contributed by atoms with Crippen LogP contribution in [0.1, 0.15) is 27.7 Å². The Morgan fingerprint density at radius 3 is 2.55 bits per heavy atom. The van der Waals surface area contributed by atoms with E-state index in [0.717, 1.165) is 22.8 Å². The van der Waals surface area contributed by atoms with Gasteiger partial charge in [-0.15, -0.1) is 0 Å². The van der Waals surface area contributed by atoms with E-state index >= 15 is 0 Å². The average molecular weight is 387 g/mol. The fourth-order valence-electron chi connectivity index (χ4n) is 3.07. The van der Waals surface area contributed by atoms with Crippen molar-refractivity contribution in [2.45, 2.75) is 20.5 Å².